The summed E-state index contributed by atoms with van der Waals surface area (Å²) in [6.45, 7) is 1.60. The lowest BCUT2D eigenvalue weighted by molar-refractivity contribution is 0.551. The molecule has 0 amide bonds. The molecule has 11 heteroatoms. The Labute approximate surface area is 194 Å². The summed E-state index contributed by atoms with van der Waals surface area (Å²) in [4.78, 5) is 11.9. The quantitative estimate of drug-likeness (QED) is 0.417. The van der Waals surface area contributed by atoms with Gasteiger partial charge in [0.25, 0.3) is 10.0 Å². The van der Waals surface area contributed by atoms with Gasteiger partial charge in [-0.1, -0.05) is 0 Å². The van der Waals surface area contributed by atoms with Crippen LogP contribution in [0.2, 0.25) is 0 Å². The van der Waals surface area contributed by atoms with Gasteiger partial charge in [-0.3, -0.25) is 9.71 Å². The monoisotopic (exact) mass is 478 g/mol. The third-order valence-corrected chi connectivity index (χ3v) is 6.16. The van der Waals surface area contributed by atoms with Gasteiger partial charge in [0.15, 0.2) is 0 Å². The average molecular weight is 478 g/mol. The highest BCUT2D eigenvalue weighted by Crippen LogP contribution is 2.28. The Morgan fingerprint density at radius 2 is 1.74 bits per heavy atom. The average Bonchev–Trinajstić information content (AvgIpc) is 2.81. The second kappa shape index (κ2) is 9.21. The van der Waals surface area contributed by atoms with Crippen LogP contribution in [0.15, 0.2) is 72.0 Å². The number of sulfonamides is 1. The van der Waals surface area contributed by atoms with Crippen molar-refractivity contribution in [2.75, 3.05) is 10.0 Å². The summed E-state index contributed by atoms with van der Waals surface area (Å²) in [5, 5.41) is 11.9. The normalized spacial score (nSPS) is 11.0. The van der Waals surface area contributed by atoms with E-state index in [1.165, 1.54) is 6.20 Å². The molecule has 2 N–H and O–H groups in total. The van der Waals surface area contributed by atoms with Gasteiger partial charge in [-0.05, 0) is 55.0 Å². The van der Waals surface area contributed by atoms with Gasteiger partial charge >= 0.3 is 0 Å². The molecule has 34 heavy (non-hydrogen) atoms. The maximum atomic E-state index is 14.0. The first-order valence-electron chi connectivity index (χ1n) is 9.79. The summed E-state index contributed by atoms with van der Waals surface area (Å²) >= 11 is 0. The summed E-state index contributed by atoms with van der Waals surface area (Å²) in [5.74, 6) is -1.13. The van der Waals surface area contributed by atoms with E-state index in [4.69, 9.17) is 5.26 Å². The van der Waals surface area contributed by atoms with Crippen molar-refractivity contribution in [1.82, 2.24) is 15.0 Å². The molecule has 0 fully saturated rings. The van der Waals surface area contributed by atoms with E-state index in [0.29, 0.717) is 40.1 Å². The molecule has 4 aromatic rings. The van der Waals surface area contributed by atoms with Crippen LogP contribution in [0.3, 0.4) is 0 Å². The van der Waals surface area contributed by atoms with Crippen LogP contribution in [0.5, 0.6) is 0 Å². The molecular weight excluding hydrogens is 462 g/mol. The van der Waals surface area contributed by atoms with Crippen molar-refractivity contribution in [3.8, 4) is 17.2 Å². The maximum absolute atomic E-state index is 14.0. The fourth-order valence-electron chi connectivity index (χ4n) is 3.03. The standard InChI is InChI=1S/C23H16F2N6O2S/c1-14-20(31-34(32,33)21-4-3-18(24)10-19(21)25)8-17(13-28-14)16-6-7-27-23(9-16)30-22-5-2-15(11-26)12-29-22/h2-10,12-13,31H,1H3,(H,27,29,30). The van der Waals surface area contributed by atoms with Crippen LogP contribution in [0, 0.1) is 29.9 Å². The predicted octanol–water partition coefficient (Wildman–Crippen LogP) is 4.54. The zero-order chi connectivity index (χ0) is 24.3. The van der Waals surface area contributed by atoms with E-state index in [1.54, 1.807) is 49.6 Å². The molecule has 170 valence electrons. The fourth-order valence-corrected chi connectivity index (χ4v) is 4.20. The van der Waals surface area contributed by atoms with Crippen LogP contribution >= 0.6 is 0 Å². The van der Waals surface area contributed by atoms with E-state index >= 15 is 0 Å². The Morgan fingerprint density at radius 3 is 2.44 bits per heavy atom. The van der Waals surface area contributed by atoms with Crippen LogP contribution in [0.25, 0.3) is 11.1 Å². The number of halogens is 2. The number of rotatable bonds is 6. The Morgan fingerprint density at radius 1 is 0.912 bits per heavy atom. The fraction of sp³-hybridized carbons (Fsp3) is 0.0435. The summed E-state index contributed by atoms with van der Waals surface area (Å²) in [6, 6.07) is 12.5. The number of pyridine rings is 3. The van der Waals surface area contributed by atoms with Crippen LogP contribution in [0.1, 0.15) is 11.3 Å². The minimum atomic E-state index is -4.32. The lowest BCUT2D eigenvalue weighted by atomic mass is 10.1. The Balaban J connectivity index is 1.62. The van der Waals surface area contributed by atoms with Gasteiger partial charge in [0.1, 0.15) is 34.2 Å². The van der Waals surface area contributed by atoms with Crippen molar-refractivity contribution in [3.63, 3.8) is 0 Å². The van der Waals surface area contributed by atoms with E-state index < -0.39 is 26.6 Å². The van der Waals surface area contributed by atoms with Crippen LogP contribution in [-0.4, -0.2) is 23.4 Å². The summed E-state index contributed by atoms with van der Waals surface area (Å²) < 4.78 is 54.9. The van der Waals surface area contributed by atoms with Crippen LogP contribution in [-0.2, 0) is 10.0 Å². The van der Waals surface area contributed by atoms with Gasteiger partial charge in [-0.25, -0.2) is 27.2 Å². The van der Waals surface area contributed by atoms with Gasteiger partial charge in [-0.2, -0.15) is 5.26 Å². The number of nitrogens with zero attached hydrogens (tertiary/aromatic N) is 4. The number of aryl methyl sites for hydroxylation is 1. The first-order chi connectivity index (χ1) is 16.2. The highest BCUT2D eigenvalue weighted by molar-refractivity contribution is 7.92. The second-order valence-electron chi connectivity index (χ2n) is 7.14. The molecule has 3 aromatic heterocycles. The van der Waals surface area contributed by atoms with Gasteiger partial charge in [0.05, 0.1) is 16.9 Å². The van der Waals surface area contributed by atoms with Gasteiger partial charge < -0.3 is 5.32 Å². The highest BCUT2D eigenvalue weighted by atomic mass is 32.2. The van der Waals surface area contributed by atoms with Crippen molar-refractivity contribution in [1.29, 1.82) is 5.26 Å². The molecule has 0 spiro atoms. The number of hydrogen-bond donors (Lipinski definition) is 2. The number of hydrogen-bond acceptors (Lipinski definition) is 7. The van der Waals surface area contributed by atoms with Crippen LogP contribution in [0.4, 0.5) is 26.1 Å². The number of anilines is 3. The van der Waals surface area contributed by atoms with E-state index in [0.717, 1.165) is 12.1 Å². The lowest BCUT2D eigenvalue weighted by Gasteiger charge is -2.13. The van der Waals surface area contributed by atoms with Gasteiger partial charge in [0.2, 0.25) is 0 Å². The second-order valence-corrected chi connectivity index (χ2v) is 8.79. The van der Waals surface area contributed by atoms with Crippen molar-refractivity contribution < 1.29 is 17.2 Å². The van der Waals surface area contributed by atoms with Gasteiger partial charge in [-0.15, -0.1) is 0 Å². The predicted molar refractivity (Wildman–Crippen MR) is 122 cm³/mol. The smallest absolute Gasteiger partial charge is 0.264 e. The number of aromatic nitrogens is 3. The number of benzene rings is 1. The van der Waals surface area contributed by atoms with Crippen molar-refractivity contribution >= 4 is 27.3 Å². The summed E-state index contributed by atoms with van der Waals surface area (Å²) in [7, 11) is -4.32. The molecule has 1 aromatic carbocycles. The third kappa shape index (κ3) is 4.97. The largest absolute Gasteiger partial charge is 0.325 e. The zero-order valence-electron chi connectivity index (χ0n) is 17.6. The molecule has 8 nitrogen and oxygen atoms in total. The molecule has 0 aliphatic carbocycles. The van der Waals surface area contributed by atoms with E-state index in [9.17, 15) is 17.2 Å². The maximum Gasteiger partial charge on any atom is 0.264 e. The van der Waals surface area contributed by atoms with E-state index in [-0.39, 0.29) is 5.69 Å². The molecule has 0 aliphatic rings. The van der Waals surface area contributed by atoms with Gasteiger partial charge in [0, 0.05) is 30.2 Å². The topological polar surface area (TPSA) is 121 Å². The molecule has 3 heterocycles. The lowest BCUT2D eigenvalue weighted by Crippen LogP contribution is -2.16. The number of nitrogens with one attached hydrogen (secondary N) is 2. The Kier molecular flexibility index (Phi) is 6.16. The minimum absolute atomic E-state index is 0.140. The van der Waals surface area contributed by atoms with Crippen molar-refractivity contribution in [2.45, 2.75) is 11.8 Å². The summed E-state index contributed by atoms with van der Waals surface area (Å²) in [6.07, 6.45) is 4.54. The Bertz CT molecular complexity index is 1520. The third-order valence-electron chi connectivity index (χ3n) is 4.76. The minimum Gasteiger partial charge on any atom is -0.325 e. The SMILES string of the molecule is Cc1ncc(-c2ccnc(Nc3ccc(C#N)cn3)c2)cc1NS(=O)(=O)c1ccc(F)cc1F. The first kappa shape index (κ1) is 22.8. The highest BCUT2D eigenvalue weighted by Gasteiger charge is 2.21. The molecule has 0 saturated heterocycles. The molecular formula is C23H16F2N6O2S. The molecule has 0 radical (unpaired) electrons. The first-order valence-corrected chi connectivity index (χ1v) is 11.3. The molecule has 4 rings (SSSR count). The molecule has 0 unspecified atom stereocenters. The molecule has 0 bridgehead atoms. The van der Waals surface area contributed by atoms with Crippen LogP contribution < -0.4 is 10.0 Å². The Hall–Kier alpha value is -4.43. The molecule has 0 saturated carbocycles. The van der Waals surface area contributed by atoms with E-state index in [2.05, 4.69) is 25.0 Å². The van der Waals surface area contributed by atoms with E-state index in [1.807, 2.05) is 6.07 Å². The molecule has 0 atom stereocenters. The van der Waals surface area contributed by atoms with Crippen molar-refractivity contribution in [3.05, 3.63) is 90.0 Å². The number of nitriles is 1. The summed E-state index contributed by atoms with van der Waals surface area (Å²) in [5.41, 5.74) is 2.17. The van der Waals surface area contributed by atoms with Crippen molar-refractivity contribution in [2.24, 2.45) is 0 Å². The molecule has 0 aliphatic heterocycles. The zero-order valence-corrected chi connectivity index (χ0v) is 18.4.